The maximum Gasteiger partial charge on any atom is 0.325 e. The summed E-state index contributed by atoms with van der Waals surface area (Å²) < 4.78 is 4.98. The topological polar surface area (TPSA) is 87.7 Å². The fourth-order valence-electron chi connectivity index (χ4n) is 4.10. The van der Waals surface area contributed by atoms with Crippen LogP contribution in [0.4, 0.5) is 4.79 Å². The smallest absolute Gasteiger partial charge is 0.325 e. The molecule has 2 N–H and O–H groups in total. The van der Waals surface area contributed by atoms with E-state index in [-0.39, 0.29) is 29.8 Å². The molecule has 7 nitrogen and oxygen atoms in total. The third-order valence-corrected chi connectivity index (χ3v) is 6.23. The molecule has 148 valence electrons. The first-order chi connectivity index (χ1) is 12.1. The number of ether oxygens (including phenoxy) is 1. The number of carbonyl (C=O) groups is 3. The first-order valence-corrected chi connectivity index (χ1v) is 9.57. The molecule has 4 amide bonds. The zero-order valence-corrected chi connectivity index (χ0v) is 16.7. The summed E-state index contributed by atoms with van der Waals surface area (Å²) in [7, 11) is 1.56. The minimum Gasteiger partial charge on any atom is -0.383 e. The minimum absolute atomic E-state index is 0.172. The van der Waals surface area contributed by atoms with E-state index in [4.69, 9.17) is 4.74 Å². The van der Waals surface area contributed by atoms with E-state index in [1.807, 2.05) is 6.92 Å². The Kier molecular flexibility index (Phi) is 6.32. The summed E-state index contributed by atoms with van der Waals surface area (Å²) in [5, 5.41) is 5.61. The van der Waals surface area contributed by atoms with Gasteiger partial charge in [0.05, 0.1) is 6.61 Å². The Balaban J connectivity index is 1.98. The van der Waals surface area contributed by atoms with Gasteiger partial charge < -0.3 is 15.4 Å². The lowest BCUT2D eigenvalue weighted by Gasteiger charge is -2.42. The molecule has 1 saturated heterocycles. The highest BCUT2D eigenvalue weighted by Crippen LogP contribution is 2.45. The van der Waals surface area contributed by atoms with Gasteiger partial charge in [0.2, 0.25) is 5.91 Å². The van der Waals surface area contributed by atoms with Crippen molar-refractivity contribution in [2.45, 2.75) is 71.4 Å². The molecule has 2 fully saturated rings. The number of hydrogen-bond acceptors (Lipinski definition) is 4. The lowest BCUT2D eigenvalue weighted by atomic mass is 9.65. The lowest BCUT2D eigenvalue weighted by molar-refractivity contribution is -0.136. The number of urea groups is 1. The molecule has 1 unspecified atom stereocenters. The number of methoxy groups -OCH3 is 1. The van der Waals surface area contributed by atoms with Crippen molar-refractivity contribution in [2.24, 2.45) is 11.3 Å². The zero-order chi connectivity index (χ0) is 19.5. The summed E-state index contributed by atoms with van der Waals surface area (Å²) in [6.45, 7) is 8.67. The predicted octanol–water partition coefficient (Wildman–Crippen LogP) is 2.05. The van der Waals surface area contributed by atoms with Gasteiger partial charge in [0.25, 0.3) is 5.91 Å². The van der Waals surface area contributed by atoms with E-state index in [1.54, 1.807) is 7.11 Å². The largest absolute Gasteiger partial charge is 0.383 e. The van der Waals surface area contributed by atoms with E-state index in [0.29, 0.717) is 25.4 Å². The third kappa shape index (κ3) is 4.19. The number of imide groups is 1. The summed E-state index contributed by atoms with van der Waals surface area (Å²) in [6, 6.07) is -0.633. The molecule has 1 atom stereocenters. The van der Waals surface area contributed by atoms with Crippen molar-refractivity contribution in [3.8, 4) is 0 Å². The standard InChI is InChI=1S/C19H33N3O4/c1-6-18(3,4)14-7-9-19(10-8-14)16(24)22(17(25)21-19)11-15(23)20-13(2)12-26-5/h13-14H,6-12H2,1-5H3,(H,20,23)(H,21,25). The Morgan fingerprint density at radius 2 is 2.00 bits per heavy atom. The molecule has 1 spiro atoms. The van der Waals surface area contributed by atoms with Crippen LogP contribution < -0.4 is 10.6 Å². The molecular weight excluding hydrogens is 334 g/mol. The second kappa shape index (κ2) is 7.94. The Labute approximate surface area is 156 Å². The number of rotatable bonds is 7. The molecule has 0 aromatic rings. The SMILES string of the molecule is CCC(C)(C)C1CCC2(CC1)NC(=O)N(CC(=O)NC(C)COC)C2=O. The molecule has 0 aromatic heterocycles. The van der Waals surface area contributed by atoms with Gasteiger partial charge in [-0.2, -0.15) is 0 Å². The average molecular weight is 367 g/mol. The number of nitrogens with one attached hydrogen (secondary N) is 2. The molecule has 2 aliphatic rings. The number of amides is 4. The van der Waals surface area contributed by atoms with Gasteiger partial charge in [-0.05, 0) is 43.9 Å². The van der Waals surface area contributed by atoms with Crippen LogP contribution in [0.15, 0.2) is 0 Å². The van der Waals surface area contributed by atoms with Crippen molar-refractivity contribution in [1.29, 1.82) is 0 Å². The molecule has 0 aromatic carbocycles. The Bertz CT molecular complexity index is 553. The van der Waals surface area contributed by atoms with Gasteiger partial charge in [-0.3, -0.25) is 14.5 Å². The number of hydrogen-bond donors (Lipinski definition) is 2. The Morgan fingerprint density at radius 3 is 2.54 bits per heavy atom. The van der Waals surface area contributed by atoms with Gasteiger partial charge in [-0.25, -0.2) is 4.79 Å². The average Bonchev–Trinajstić information content (AvgIpc) is 2.79. The minimum atomic E-state index is -0.824. The molecule has 7 heteroatoms. The number of nitrogens with zero attached hydrogens (tertiary/aromatic N) is 1. The summed E-state index contributed by atoms with van der Waals surface area (Å²) in [6.07, 6.45) is 4.21. The predicted molar refractivity (Wildman–Crippen MR) is 98.5 cm³/mol. The van der Waals surface area contributed by atoms with Crippen molar-refractivity contribution in [3.05, 3.63) is 0 Å². The van der Waals surface area contributed by atoms with Crippen LogP contribution in [0.25, 0.3) is 0 Å². The van der Waals surface area contributed by atoms with E-state index < -0.39 is 11.6 Å². The van der Waals surface area contributed by atoms with Gasteiger partial charge in [0.15, 0.2) is 0 Å². The fraction of sp³-hybridized carbons (Fsp3) is 0.842. The van der Waals surface area contributed by atoms with Crippen LogP contribution in [0.3, 0.4) is 0 Å². The maximum absolute atomic E-state index is 12.9. The van der Waals surface area contributed by atoms with Crippen molar-refractivity contribution in [3.63, 3.8) is 0 Å². The Hall–Kier alpha value is -1.63. The second-order valence-corrected chi connectivity index (χ2v) is 8.44. The summed E-state index contributed by atoms with van der Waals surface area (Å²) in [5.74, 6) is -0.0595. The summed E-state index contributed by atoms with van der Waals surface area (Å²) in [4.78, 5) is 38.4. The van der Waals surface area contributed by atoms with E-state index in [9.17, 15) is 14.4 Å². The second-order valence-electron chi connectivity index (χ2n) is 8.44. The Morgan fingerprint density at radius 1 is 1.38 bits per heavy atom. The molecule has 2 rings (SSSR count). The van der Waals surface area contributed by atoms with Gasteiger partial charge in [0.1, 0.15) is 12.1 Å². The highest BCUT2D eigenvalue weighted by Gasteiger charge is 2.53. The van der Waals surface area contributed by atoms with Crippen molar-refractivity contribution >= 4 is 17.8 Å². The first-order valence-electron chi connectivity index (χ1n) is 9.57. The highest BCUT2D eigenvalue weighted by molar-refractivity contribution is 6.09. The highest BCUT2D eigenvalue weighted by atomic mass is 16.5. The third-order valence-electron chi connectivity index (χ3n) is 6.23. The molecule has 1 saturated carbocycles. The van der Waals surface area contributed by atoms with Crippen molar-refractivity contribution < 1.29 is 19.1 Å². The zero-order valence-electron chi connectivity index (χ0n) is 16.7. The maximum atomic E-state index is 12.9. The van der Waals surface area contributed by atoms with E-state index in [0.717, 1.165) is 24.2 Å². The molecular formula is C19H33N3O4. The molecule has 0 bridgehead atoms. The first kappa shape index (κ1) is 20.7. The summed E-state index contributed by atoms with van der Waals surface area (Å²) >= 11 is 0. The molecule has 0 radical (unpaired) electrons. The van der Waals surface area contributed by atoms with Gasteiger partial charge >= 0.3 is 6.03 Å². The van der Waals surface area contributed by atoms with E-state index in [1.165, 1.54) is 0 Å². The van der Waals surface area contributed by atoms with Crippen LogP contribution in [-0.2, 0) is 14.3 Å². The quantitative estimate of drug-likeness (QED) is 0.674. The van der Waals surface area contributed by atoms with Gasteiger partial charge in [-0.1, -0.05) is 27.2 Å². The molecule has 26 heavy (non-hydrogen) atoms. The van der Waals surface area contributed by atoms with Gasteiger partial charge in [0, 0.05) is 13.2 Å². The van der Waals surface area contributed by atoms with Crippen molar-refractivity contribution in [1.82, 2.24) is 15.5 Å². The normalized spacial score (nSPS) is 27.6. The van der Waals surface area contributed by atoms with Crippen LogP contribution in [0.2, 0.25) is 0 Å². The van der Waals surface area contributed by atoms with Crippen molar-refractivity contribution in [2.75, 3.05) is 20.3 Å². The van der Waals surface area contributed by atoms with E-state index in [2.05, 4.69) is 31.4 Å². The number of carbonyl (C=O) groups excluding carboxylic acids is 3. The monoisotopic (exact) mass is 367 g/mol. The fourth-order valence-corrected chi connectivity index (χ4v) is 4.10. The van der Waals surface area contributed by atoms with Crippen LogP contribution >= 0.6 is 0 Å². The van der Waals surface area contributed by atoms with Crippen LogP contribution in [0.5, 0.6) is 0 Å². The summed E-state index contributed by atoms with van der Waals surface area (Å²) in [5.41, 5.74) is -0.583. The van der Waals surface area contributed by atoms with Crippen LogP contribution in [-0.4, -0.2) is 54.6 Å². The van der Waals surface area contributed by atoms with Gasteiger partial charge in [-0.15, -0.1) is 0 Å². The molecule has 1 aliphatic carbocycles. The molecule has 1 heterocycles. The van der Waals surface area contributed by atoms with Crippen LogP contribution in [0, 0.1) is 11.3 Å². The van der Waals surface area contributed by atoms with Crippen LogP contribution in [0.1, 0.15) is 59.8 Å². The van der Waals surface area contributed by atoms with E-state index >= 15 is 0 Å². The molecule has 1 aliphatic heterocycles. The lowest BCUT2D eigenvalue weighted by Crippen LogP contribution is -2.51.